The highest BCUT2D eigenvalue weighted by Gasteiger charge is 2.33. The molecule has 3 rings (SSSR count). The molecule has 3 N–H and O–H groups in total. The molecular weight excluding hydrogens is 425 g/mol. The van der Waals surface area contributed by atoms with Crippen LogP contribution >= 0.6 is 0 Å². The number of ether oxygens (including phenoxy) is 1. The van der Waals surface area contributed by atoms with E-state index < -0.39 is 23.3 Å². The fourth-order valence-corrected chi connectivity index (χ4v) is 3.45. The molecule has 0 bridgehead atoms. The predicted molar refractivity (Wildman–Crippen MR) is 115 cm³/mol. The zero-order valence-corrected chi connectivity index (χ0v) is 17.6. The van der Waals surface area contributed by atoms with Gasteiger partial charge >= 0.3 is 11.8 Å². The Morgan fingerprint density at radius 1 is 1.16 bits per heavy atom. The lowest BCUT2D eigenvalue weighted by Crippen LogP contribution is -2.21. The van der Waals surface area contributed by atoms with Crippen LogP contribution < -0.4 is 21.4 Å². The van der Waals surface area contributed by atoms with E-state index >= 15 is 0 Å². The number of carbonyl (C=O) groups excluding carboxylic acids is 1. The molecule has 0 aliphatic rings. The zero-order valence-electron chi connectivity index (χ0n) is 17.6. The van der Waals surface area contributed by atoms with E-state index in [0.717, 1.165) is 18.1 Å². The molecule has 0 unspecified atom stereocenters. The Kier molecular flexibility index (Phi) is 6.88. The van der Waals surface area contributed by atoms with Crippen molar-refractivity contribution in [1.29, 1.82) is 0 Å². The Morgan fingerprint density at radius 2 is 1.91 bits per heavy atom. The third kappa shape index (κ3) is 4.77. The van der Waals surface area contributed by atoms with Crippen molar-refractivity contribution in [1.82, 2.24) is 0 Å². The molecule has 170 valence electrons. The second-order valence-electron chi connectivity index (χ2n) is 7.12. The Balaban J connectivity index is 2.00. The predicted octanol–water partition coefficient (Wildman–Crippen LogP) is 4.87. The van der Waals surface area contributed by atoms with Gasteiger partial charge in [-0.2, -0.15) is 13.2 Å². The lowest BCUT2D eigenvalue weighted by molar-refractivity contribution is -0.138. The van der Waals surface area contributed by atoms with Crippen LogP contribution in [0.2, 0.25) is 0 Å². The normalized spacial score (nSPS) is 11.6. The van der Waals surface area contributed by atoms with Crippen molar-refractivity contribution in [2.45, 2.75) is 39.4 Å². The average Bonchev–Trinajstić information content (AvgIpc) is 2.74. The van der Waals surface area contributed by atoms with Crippen molar-refractivity contribution in [2.24, 2.45) is 5.73 Å². The van der Waals surface area contributed by atoms with Crippen molar-refractivity contribution in [3.8, 4) is 5.75 Å². The third-order valence-electron chi connectivity index (χ3n) is 4.90. The Bertz CT molecular complexity index is 1200. The van der Waals surface area contributed by atoms with Crippen LogP contribution in [-0.2, 0) is 19.1 Å². The number of amides is 1. The summed E-state index contributed by atoms with van der Waals surface area (Å²) in [6.45, 7) is 3.95. The van der Waals surface area contributed by atoms with E-state index in [1.165, 1.54) is 18.2 Å². The molecule has 0 aliphatic heterocycles. The Hall–Kier alpha value is -3.33. The standard InChI is InChI=1S/C23H23F3N2O4/c1-3-5-16-19(31-4-2)9-7-13-10-17(22(30)32-20(13)16)21(29)28-15-8-6-14(12-27)18(11-15)23(24,25)26/h6-11H,3-5,12,27H2,1-2H3,(H,28,29). The number of anilines is 1. The van der Waals surface area contributed by atoms with Crippen LogP contribution in [0.15, 0.2) is 45.6 Å². The summed E-state index contributed by atoms with van der Waals surface area (Å²) >= 11 is 0. The van der Waals surface area contributed by atoms with Gasteiger partial charge in [0.25, 0.3) is 5.91 Å². The first-order valence-electron chi connectivity index (χ1n) is 10.1. The molecule has 1 heterocycles. The molecule has 0 atom stereocenters. The molecule has 32 heavy (non-hydrogen) atoms. The smallest absolute Gasteiger partial charge is 0.416 e. The van der Waals surface area contributed by atoms with E-state index in [2.05, 4.69) is 5.32 Å². The number of aryl methyl sites for hydroxylation is 1. The first kappa shape index (κ1) is 23.3. The summed E-state index contributed by atoms with van der Waals surface area (Å²) in [4.78, 5) is 25.2. The number of nitrogens with two attached hydrogens (primary N) is 1. The minimum atomic E-state index is -4.63. The Labute approximate surface area is 182 Å². The van der Waals surface area contributed by atoms with Gasteiger partial charge in [-0.1, -0.05) is 19.4 Å². The minimum Gasteiger partial charge on any atom is -0.493 e. The van der Waals surface area contributed by atoms with Crippen LogP contribution in [-0.4, -0.2) is 12.5 Å². The van der Waals surface area contributed by atoms with Crippen molar-refractivity contribution in [3.05, 3.63) is 69.1 Å². The first-order valence-corrected chi connectivity index (χ1v) is 10.1. The fourth-order valence-electron chi connectivity index (χ4n) is 3.45. The maximum atomic E-state index is 13.3. The molecular formula is C23H23F3N2O4. The number of benzene rings is 2. The molecule has 0 fully saturated rings. The van der Waals surface area contributed by atoms with E-state index in [9.17, 15) is 22.8 Å². The maximum Gasteiger partial charge on any atom is 0.416 e. The number of nitrogens with one attached hydrogen (secondary N) is 1. The van der Waals surface area contributed by atoms with Crippen LogP contribution in [0.4, 0.5) is 18.9 Å². The van der Waals surface area contributed by atoms with Crippen molar-refractivity contribution >= 4 is 22.6 Å². The van der Waals surface area contributed by atoms with Gasteiger partial charge < -0.3 is 20.2 Å². The highest BCUT2D eigenvalue weighted by molar-refractivity contribution is 6.05. The number of rotatable bonds is 7. The lowest BCUT2D eigenvalue weighted by atomic mass is 10.0. The average molecular weight is 448 g/mol. The van der Waals surface area contributed by atoms with Gasteiger partial charge in [0.15, 0.2) is 0 Å². The number of hydrogen-bond donors (Lipinski definition) is 2. The molecule has 6 nitrogen and oxygen atoms in total. The number of fused-ring (bicyclic) bond motifs is 1. The molecule has 3 aromatic rings. The number of carbonyl (C=O) groups is 1. The van der Waals surface area contributed by atoms with Gasteiger partial charge in [0, 0.05) is 23.2 Å². The maximum absolute atomic E-state index is 13.3. The van der Waals surface area contributed by atoms with Gasteiger partial charge in [0.2, 0.25) is 0 Å². The molecule has 0 saturated carbocycles. The second-order valence-corrected chi connectivity index (χ2v) is 7.12. The highest BCUT2D eigenvalue weighted by Crippen LogP contribution is 2.34. The topological polar surface area (TPSA) is 94.6 Å². The molecule has 0 spiro atoms. The third-order valence-corrected chi connectivity index (χ3v) is 4.90. The monoisotopic (exact) mass is 448 g/mol. The minimum absolute atomic E-state index is 0.103. The number of alkyl halides is 3. The summed E-state index contributed by atoms with van der Waals surface area (Å²) in [5.41, 5.74) is 4.05. The first-order chi connectivity index (χ1) is 15.2. The van der Waals surface area contributed by atoms with Crippen molar-refractivity contribution in [3.63, 3.8) is 0 Å². The zero-order chi connectivity index (χ0) is 23.5. The van der Waals surface area contributed by atoms with Crippen molar-refractivity contribution in [2.75, 3.05) is 11.9 Å². The second kappa shape index (κ2) is 9.44. The molecule has 0 saturated heterocycles. The van der Waals surface area contributed by atoms with E-state index in [0.29, 0.717) is 29.7 Å². The number of halogens is 3. The van der Waals surface area contributed by atoms with Gasteiger partial charge in [-0.05, 0) is 49.2 Å². The van der Waals surface area contributed by atoms with E-state index in [4.69, 9.17) is 14.9 Å². The summed E-state index contributed by atoms with van der Waals surface area (Å²) in [5, 5.41) is 2.84. The van der Waals surface area contributed by atoms with E-state index in [1.54, 1.807) is 12.1 Å². The van der Waals surface area contributed by atoms with Crippen LogP contribution in [0, 0.1) is 0 Å². The van der Waals surface area contributed by atoms with Gasteiger partial charge in [-0.15, -0.1) is 0 Å². The highest BCUT2D eigenvalue weighted by atomic mass is 19.4. The van der Waals surface area contributed by atoms with E-state index in [1.807, 2.05) is 13.8 Å². The molecule has 0 radical (unpaired) electrons. The molecule has 1 amide bonds. The summed E-state index contributed by atoms with van der Waals surface area (Å²) in [5.74, 6) is -0.276. The molecule has 0 aliphatic carbocycles. The van der Waals surface area contributed by atoms with Crippen LogP contribution in [0.3, 0.4) is 0 Å². The van der Waals surface area contributed by atoms with Crippen molar-refractivity contribution < 1.29 is 27.1 Å². The lowest BCUT2D eigenvalue weighted by Gasteiger charge is -2.14. The summed E-state index contributed by atoms with van der Waals surface area (Å²) in [7, 11) is 0. The quantitative estimate of drug-likeness (QED) is 0.503. The van der Waals surface area contributed by atoms with Gasteiger partial charge in [-0.25, -0.2) is 4.79 Å². The van der Waals surface area contributed by atoms with E-state index in [-0.39, 0.29) is 23.4 Å². The molecule has 9 heteroatoms. The Morgan fingerprint density at radius 3 is 2.53 bits per heavy atom. The largest absolute Gasteiger partial charge is 0.493 e. The van der Waals surface area contributed by atoms with Crippen LogP contribution in [0.5, 0.6) is 5.75 Å². The fraction of sp³-hybridized carbons (Fsp3) is 0.304. The molecule has 2 aromatic carbocycles. The summed E-state index contributed by atoms with van der Waals surface area (Å²) < 4.78 is 50.8. The van der Waals surface area contributed by atoms with Gasteiger partial charge in [-0.3, -0.25) is 4.79 Å². The van der Waals surface area contributed by atoms with Gasteiger partial charge in [0.1, 0.15) is 16.9 Å². The van der Waals surface area contributed by atoms with Gasteiger partial charge in [0.05, 0.1) is 12.2 Å². The summed E-state index contributed by atoms with van der Waals surface area (Å²) in [6.07, 6.45) is -3.24. The van der Waals surface area contributed by atoms with Crippen LogP contribution in [0.1, 0.15) is 47.3 Å². The number of hydrogen-bond acceptors (Lipinski definition) is 5. The summed E-state index contributed by atoms with van der Waals surface area (Å²) in [6, 6.07) is 8.04. The SMILES string of the molecule is CCCc1c(OCC)ccc2cc(C(=O)Nc3ccc(CN)c(C(F)(F)F)c3)c(=O)oc12. The van der Waals surface area contributed by atoms with Crippen LogP contribution in [0.25, 0.3) is 11.0 Å². The molecule has 1 aromatic heterocycles.